The van der Waals surface area contributed by atoms with E-state index in [4.69, 9.17) is 0 Å². The summed E-state index contributed by atoms with van der Waals surface area (Å²) in [7, 11) is 0. The second-order valence-electron chi connectivity index (χ2n) is 4.43. The second kappa shape index (κ2) is 5.06. The predicted octanol–water partition coefficient (Wildman–Crippen LogP) is 1.95. The van der Waals surface area contributed by atoms with E-state index in [0.717, 1.165) is 17.1 Å². The van der Waals surface area contributed by atoms with Gasteiger partial charge in [-0.25, -0.2) is 0 Å². The van der Waals surface area contributed by atoms with Crippen LogP contribution in [0.3, 0.4) is 0 Å². The van der Waals surface area contributed by atoms with Gasteiger partial charge in [-0.15, -0.1) is 0 Å². The van der Waals surface area contributed by atoms with Gasteiger partial charge >= 0.3 is 0 Å². The van der Waals surface area contributed by atoms with Gasteiger partial charge in [0.1, 0.15) is 5.56 Å². The highest BCUT2D eigenvalue weighted by Crippen LogP contribution is 2.13. The lowest BCUT2D eigenvalue weighted by molar-refractivity contribution is 0.102. The molecule has 0 radical (unpaired) electrons. The molecule has 2 aromatic rings. The van der Waals surface area contributed by atoms with Crippen molar-refractivity contribution >= 4 is 11.6 Å². The largest absolute Gasteiger partial charge is 0.364 e. The summed E-state index contributed by atoms with van der Waals surface area (Å²) in [6.45, 7) is 5.45. The van der Waals surface area contributed by atoms with E-state index >= 15 is 0 Å². The maximum atomic E-state index is 12.0. The van der Waals surface area contributed by atoms with E-state index in [1.807, 2.05) is 19.9 Å². The number of H-pyrrole nitrogens is 1. The Labute approximate surface area is 110 Å². The highest BCUT2D eigenvalue weighted by atomic mass is 16.2. The quantitative estimate of drug-likeness (QED) is 0.863. The Kier molecular flexibility index (Phi) is 3.46. The molecule has 0 unspecified atom stereocenters. The minimum absolute atomic E-state index is 0.0885. The highest BCUT2D eigenvalue weighted by Gasteiger charge is 2.12. The maximum absolute atomic E-state index is 12.0. The molecule has 0 spiro atoms. The first-order valence-corrected chi connectivity index (χ1v) is 5.92. The summed E-state index contributed by atoms with van der Waals surface area (Å²) in [5, 5.41) is 2.69. The van der Waals surface area contributed by atoms with E-state index < -0.39 is 5.91 Å². The molecule has 0 aromatic carbocycles. The van der Waals surface area contributed by atoms with Gasteiger partial charge in [0.2, 0.25) is 0 Å². The number of carbonyl (C=O) groups is 1. The maximum Gasteiger partial charge on any atom is 0.261 e. The molecule has 0 saturated carbocycles. The fourth-order valence-electron chi connectivity index (χ4n) is 1.76. The number of hydrogen-bond acceptors (Lipinski definition) is 3. The van der Waals surface area contributed by atoms with Crippen molar-refractivity contribution in [3.8, 4) is 0 Å². The van der Waals surface area contributed by atoms with Gasteiger partial charge in [-0.2, -0.15) is 0 Å². The molecular formula is C14H15N3O2. The van der Waals surface area contributed by atoms with E-state index in [0.29, 0.717) is 5.69 Å². The Morgan fingerprint density at radius 3 is 2.63 bits per heavy atom. The van der Waals surface area contributed by atoms with Gasteiger partial charge < -0.3 is 10.3 Å². The monoisotopic (exact) mass is 257 g/mol. The third-order valence-electron chi connectivity index (χ3n) is 2.78. The molecule has 5 heteroatoms. The lowest BCUT2D eigenvalue weighted by Gasteiger charge is -2.08. The van der Waals surface area contributed by atoms with Gasteiger partial charge in [0.25, 0.3) is 5.91 Å². The standard InChI is InChI=1S/C14H15N3O2/c1-8-4-5-12(10(3)16-8)17-14(19)11-7-15-9(2)6-13(11)18/h4-7H,1-3H3,(H,15,18)(H,17,19). The minimum atomic E-state index is -0.435. The number of nitrogens with one attached hydrogen (secondary N) is 2. The molecule has 0 fully saturated rings. The molecule has 0 saturated heterocycles. The first kappa shape index (κ1) is 13.0. The van der Waals surface area contributed by atoms with Crippen LogP contribution in [0.25, 0.3) is 0 Å². The summed E-state index contributed by atoms with van der Waals surface area (Å²) < 4.78 is 0. The van der Waals surface area contributed by atoms with E-state index in [-0.39, 0.29) is 11.0 Å². The van der Waals surface area contributed by atoms with Crippen molar-refractivity contribution in [2.24, 2.45) is 0 Å². The molecule has 2 aromatic heterocycles. The van der Waals surface area contributed by atoms with Crippen LogP contribution in [0.2, 0.25) is 0 Å². The average Bonchev–Trinajstić information content (AvgIpc) is 2.32. The Hall–Kier alpha value is -2.43. The molecule has 0 aliphatic rings. The number of amides is 1. The number of rotatable bonds is 2. The van der Waals surface area contributed by atoms with Crippen molar-refractivity contribution in [3.05, 3.63) is 57.3 Å². The zero-order valence-corrected chi connectivity index (χ0v) is 11.1. The summed E-state index contributed by atoms with van der Waals surface area (Å²) in [4.78, 5) is 30.8. The third-order valence-corrected chi connectivity index (χ3v) is 2.78. The van der Waals surface area contributed by atoms with Crippen LogP contribution < -0.4 is 10.7 Å². The molecule has 0 aliphatic carbocycles. The minimum Gasteiger partial charge on any atom is -0.364 e. The van der Waals surface area contributed by atoms with Crippen molar-refractivity contribution in [1.29, 1.82) is 0 Å². The molecule has 0 aliphatic heterocycles. The van der Waals surface area contributed by atoms with Crippen LogP contribution >= 0.6 is 0 Å². The van der Waals surface area contributed by atoms with Crippen LogP contribution in [0.5, 0.6) is 0 Å². The smallest absolute Gasteiger partial charge is 0.261 e. The highest BCUT2D eigenvalue weighted by molar-refractivity contribution is 6.04. The molecule has 5 nitrogen and oxygen atoms in total. The fraction of sp³-hybridized carbons (Fsp3) is 0.214. The lowest BCUT2D eigenvalue weighted by Crippen LogP contribution is -2.22. The van der Waals surface area contributed by atoms with Gasteiger partial charge in [-0.3, -0.25) is 14.6 Å². The lowest BCUT2D eigenvalue weighted by atomic mass is 10.2. The number of anilines is 1. The number of hydrogen-bond donors (Lipinski definition) is 2. The van der Waals surface area contributed by atoms with Crippen LogP contribution in [0.15, 0.2) is 29.2 Å². The number of nitrogens with zero attached hydrogens (tertiary/aromatic N) is 1. The SMILES string of the molecule is Cc1ccc(NC(=O)c2c[nH]c(C)cc2=O)c(C)n1. The fourth-order valence-corrected chi connectivity index (χ4v) is 1.76. The number of aromatic nitrogens is 2. The topological polar surface area (TPSA) is 74.8 Å². The van der Waals surface area contributed by atoms with Crippen LogP contribution in [0.1, 0.15) is 27.4 Å². The molecule has 0 bridgehead atoms. The Bertz CT molecular complexity index is 689. The number of aryl methyl sites for hydroxylation is 3. The predicted molar refractivity (Wildman–Crippen MR) is 73.5 cm³/mol. The van der Waals surface area contributed by atoms with Crippen molar-refractivity contribution in [2.45, 2.75) is 20.8 Å². The molecule has 2 N–H and O–H groups in total. The third kappa shape index (κ3) is 2.88. The van der Waals surface area contributed by atoms with Crippen LogP contribution in [-0.2, 0) is 0 Å². The molecule has 2 rings (SSSR count). The summed E-state index contributed by atoms with van der Waals surface area (Å²) in [5.74, 6) is -0.435. The first-order chi connectivity index (χ1) is 8.97. The molecule has 2 heterocycles. The van der Waals surface area contributed by atoms with E-state index in [1.54, 1.807) is 13.0 Å². The van der Waals surface area contributed by atoms with Crippen molar-refractivity contribution in [3.63, 3.8) is 0 Å². The Morgan fingerprint density at radius 1 is 1.26 bits per heavy atom. The van der Waals surface area contributed by atoms with Gasteiger partial charge in [-0.1, -0.05) is 0 Å². The van der Waals surface area contributed by atoms with E-state index in [9.17, 15) is 9.59 Å². The first-order valence-electron chi connectivity index (χ1n) is 5.92. The van der Waals surface area contributed by atoms with Crippen LogP contribution in [0.4, 0.5) is 5.69 Å². The van der Waals surface area contributed by atoms with Crippen LogP contribution in [-0.4, -0.2) is 15.9 Å². The number of aromatic amines is 1. The average molecular weight is 257 g/mol. The second-order valence-corrected chi connectivity index (χ2v) is 4.43. The molecular weight excluding hydrogens is 242 g/mol. The number of carbonyl (C=O) groups excluding carboxylic acids is 1. The molecule has 0 atom stereocenters. The van der Waals surface area contributed by atoms with Gasteiger partial charge in [0.05, 0.1) is 11.4 Å². The van der Waals surface area contributed by atoms with Crippen LogP contribution in [0, 0.1) is 20.8 Å². The Morgan fingerprint density at radius 2 is 2.00 bits per heavy atom. The molecule has 1 amide bonds. The summed E-state index contributed by atoms with van der Waals surface area (Å²) in [5.41, 5.74) is 2.71. The van der Waals surface area contributed by atoms with Gasteiger partial charge in [0.15, 0.2) is 5.43 Å². The molecule has 19 heavy (non-hydrogen) atoms. The van der Waals surface area contributed by atoms with Gasteiger partial charge in [-0.05, 0) is 32.9 Å². The van der Waals surface area contributed by atoms with Crippen molar-refractivity contribution in [2.75, 3.05) is 5.32 Å². The number of pyridine rings is 2. The summed E-state index contributed by atoms with van der Waals surface area (Å²) in [6.07, 6.45) is 1.42. The van der Waals surface area contributed by atoms with E-state index in [2.05, 4.69) is 15.3 Å². The summed E-state index contributed by atoms with van der Waals surface area (Å²) in [6, 6.07) is 4.98. The van der Waals surface area contributed by atoms with Crippen molar-refractivity contribution in [1.82, 2.24) is 9.97 Å². The normalized spacial score (nSPS) is 10.3. The summed E-state index contributed by atoms with van der Waals surface area (Å²) >= 11 is 0. The van der Waals surface area contributed by atoms with E-state index in [1.165, 1.54) is 12.3 Å². The van der Waals surface area contributed by atoms with Crippen molar-refractivity contribution < 1.29 is 4.79 Å². The van der Waals surface area contributed by atoms with Gasteiger partial charge in [0, 0.05) is 23.7 Å². The Balaban J connectivity index is 2.28. The molecule has 98 valence electrons. The zero-order chi connectivity index (χ0) is 14.0. The zero-order valence-electron chi connectivity index (χ0n) is 11.1.